The van der Waals surface area contributed by atoms with Gasteiger partial charge < -0.3 is 15.4 Å². The summed E-state index contributed by atoms with van der Waals surface area (Å²) < 4.78 is 5.97. The van der Waals surface area contributed by atoms with E-state index in [1.807, 2.05) is 85.8 Å². The van der Waals surface area contributed by atoms with Crippen LogP contribution in [-0.2, 0) is 0 Å². The highest BCUT2D eigenvalue weighted by molar-refractivity contribution is 5.65. The molecule has 0 radical (unpaired) electrons. The Morgan fingerprint density at radius 3 is 2.29 bits per heavy atom. The van der Waals surface area contributed by atoms with E-state index in [-0.39, 0.29) is 0 Å². The van der Waals surface area contributed by atoms with Gasteiger partial charge in [0.2, 0.25) is 5.95 Å². The summed E-state index contributed by atoms with van der Waals surface area (Å²) in [6, 6.07) is 25.2. The number of nitrogens with zero attached hydrogens (tertiary/aromatic N) is 3. The highest BCUT2D eigenvalue weighted by atomic mass is 16.5. The zero-order valence-corrected chi connectivity index (χ0v) is 15.3. The first-order valence-electron chi connectivity index (χ1n) is 8.89. The Labute approximate surface area is 163 Å². The minimum absolute atomic E-state index is 0.377. The van der Waals surface area contributed by atoms with Gasteiger partial charge in [0.05, 0.1) is 11.9 Å². The molecular formula is C22H19N5O. The summed E-state index contributed by atoms with van der Waals surface area (Å²) in [5.41, 5.74) is 2.85. The fourth-order valence-electron chi connectivity index (χ4n) is 2.66. The first-order valence-corrected chi connectivity index (χ1v) is 8.89. The number of aryl methyl sites for hydroxylation is 1. The standard InChI is InChI=1S/C22H19N5O/c1-16-9-5-6-12-18(16)24-21-15-23-27-22(26-21)25-19-13-7-8-14-20(19)28-17-10-3-2-4-11-17/h2-15H,1H3,(H2,24,25,26,27). The zero-order chi connectivity index (χ0) is 19.2. The molecule has 0 aliphatic carbocycles. The van der Waals surface area contributed by atoms with Crippen molar-refractivity contribution in [1.82, 2.24) is 15.2 Å². The number of nitrogens with one attached hydrogen (secondary N) is 2. The Morgan fingerprint density at radius 2 is 1.46 bits per heavy atom. The maximum atomic E-state index is 5.97. The number of hydrogen-bond acceptors (Lipinski definition) is 6. The van der Waals surface area contributed by atoms with E-state index >= 15 is 0 Å². The zero-order valence-electron chi connectivity index (χ0n) is 15.3. The van der Waals surface area contributed by atoms with Gasteiger partial charge in [0.25, 0.3) is 0 Å². The van der Waals surface area contributed by atoms with E-state index < -0.39 is 0 Å². The quantitative estimate of drug-likeness (QED) is 0.470. The molecule has 1 aromatic heterocycles. The van der Waals surface area contributed by atoms with Gasteiger partial charge in [0, 0.05) is 5.69 Å². The summed E-state index contributed by atoms with van der Waals surface area (Å²) in [5.74, 6) is 2.41. The second-order valence-corrected chi connectivity index (χ2v) is 6.14. The molecule has 28 heavy (non-hydrogen) atoms. The number of ether oxygens (including phenoxy) is 1. The van der Waals surface area contributed by atoms with E-state index in [2.05, 4.69) is 25.8 Å². The average Bonchev–Trinajstić information content (AvgIpc) is 2.72. The maximum Gasteiger partial charge on any atom is 0.249 e. The highest BCUT2D eigenvalue weighted by Gasteiger charge is 2.08. The SMILES string of the molecule is Cc1ccccc1Nc1cnnc(Nc2ccccc2Oc2ccccc2)n1. The van der Waals surface area contributed by atoms with Gasteiger partial charge in [-0.2, -0.15) is 10.1 Å². The lowest BCUT2D eigenvalue weighted by Crippen LogP contribution is -2.03. The van der Waals surface area contributed by atoms with Crippen molar-refractivity contribution in [1.29, 1.82) is 0 Å². The van der Waals surface area contributed by atoms with Gasteiger partial charge in [0.1, 0.15) is 5.75 Å². The van der Waals surface area contributed by atoms with E-state index in [1.165, 1.54) is 0 Å². The van der Waals surface area contributed by atoms with Crippen LogP contribution in [0.15, 0.2) is 85.1 Å². The van der Waals surface area contributed by atoms with Crippen molar-refractivity contribution in [3.63, 3.8) is 0 Å². The average molecular weight is 369 g/mol. The molecule has 4 aromatic rings. The van der Waals surface area contributed by atoms with Gasteiger partial charge >= 0.3 is 0 Å². The largest absolute Gasteiger partial charge is 0.455 e. The molecule has 0 aliphatic heterocycles. The molecule has 1 heterocycles. The smallest absolute Gasteiger partial charge is 0.249 e. The minimum atomic E-state index is 0.377. The monoisotopic (exact) mass is 369 g/mol. The van der Waals surface area contributed by atoms with Crippen molar-refractivity contribution in [2.24, 2.45) is 0 Å². The van der Waals surface area contributed by atoms with Crippen LogP contribution >= 0.6 is 0 Å². The Balaban J connectivity index is 1.54. The maximum absolute atomic E-state index is 5.97. The van der Waals surface area contributed by atoms with Crippen LogP contribution in [0.2, 0.25) is 0 Å². The van der Waals surface area contributed by atoms with Crippen LogP contribution in [0.25, 0.3) is 0 Å². The van der Waals surface area contributed by atoms with Gasteiger partial charge in [-0.1, -0.05) is 48.5 Å². The van der Waals surface area contributed by atoms with Gasteiger partial charge in [-0.25, -0.2) is 0 Å². The second kappa shape index (κ2) is 8.18. The van der Waals surface area contributed by atoms with Crippen LogP contribution in [0.4, 0.5) is 23.1 Å². The van der Waals surface area contributed by atoms with Crippen LogP contribution in [0, 0.1) is 6.92 Å². The van der Waals surface area contributed by atoms with E-state index in [4.69, 9.17) is 4.74 Å². The van der Waals surface area contributed by atoms with Crippen molar-refractivity contribution in [3.8, 4) is 11.5 Å². The molecule has 2 N–H and O–H groups in total. The van der Waals surface area contributed by atoms with E-state index in [9.17, 15) is 0 Å². The van der Waals surface area contributed by atoms with Crippen molar-refractivity contribution in [2.75, 3.05) is 10.6 Å². The summed E-state index contributed by atoms with van der Waals surface area (Å²) in [5, 5.41) is 14.6. The van der Waals surface area contributed by atoms with E-state index in [0.29, 0.717) is 17.5 Å². The van der Waals surface area contributed by atoms with Crippen molar-refractivity contribution in [2.45, 2.75) is 6.92 Å². The van der Waals surface area contributed by atoms with Crippen molar-refractivity contribution >= 4 is 23.1 Å². The van der Waals surface area contributed by atoms with Gasteiger partial charge in [-0.05, 0) is 42.8 Å². The molecule has 0 aliphatic rings. The second-order valence-electron chi connectivity index (χ2n) is 6.14. The molecule has 0 saturated carbocycles. The molecule has 6 nitrogen and oxygen atoms in total. The summed E-state index contributed by atoms with van der Waals surface area (Å²) in [6.45, 7) is 2.03. The van der Waals surface area contributed by atoms with Crippen molar-refractivity contribution < 1.29 is 4.74 Å². The predicted octanol–water partition coefficient (Wildman–Crippen LogP) is 5.46. The Morgan fingerprint density at radius 1 is 0.750 bits per heavy atom. The first kappa shape index (κ1) is 17.5. The number of aromatic nitrogens is 3. The minimum Gasteiger partial charge on any atom is -0.455 e. The van der Waals surface area contributed by atoms with Crippen LogP contribution in [0.3, 0.4) is 0 Å². The normalized spacial score (nSPS) is 10.3. The summed E-state index contributed by atoms with van der Waals surface area (Å²) in [4.78, 5) is 4.50. The molecule has 3 aromatic carbocycles. The number of para-hydroxylation sites is 4. The Bertz CT molecular complexity index is 1070. The molecule has 138 valence electrons. The third-order valence-corrected chi connectivity index (χ3v) is 4.07. The summed E-state index contributed by atoms with van der Waals surface area (Å²) in [6.07, 6.45) is 1.59. The number of benzene rings is 3. The van der Waals surface area contributed by atoms with Crippen molar-refractivity contribution in [3.05, 3.63) is 90.6 Å². The number of hydrogen-bond donors (Lipinski definition) is 2. The number of anilines is 4. The fraction of sp³-hybridized carbons (Fsp3) is 0.0455. The summed E-state index contributed by atoms with van der Waals surface area (Å²) in [7, 11) is 0. The Kier molecular flexibility index (Phi) is 5.11. The fourth-order valence-corrected chi connectivity index (χ4v) is 2.66. The molecule has 0 spiro atoms. The van der Waals surface area contributed by atoms with Crippen LogP contribution in [0.5, 0.6) is 11.5 Å². The third kappa shape index (κ3) is 4.24. The van der Waals surface area contributed by atoms with E-state index in [1.54, 1.807) is 6.20 Å². The molecule has 4 rings (SSSR count). The molecule has 0 fully saturated rings. The first-order chi connectivity index (χ1) is 13.8. The molecule has 0 atom stereocenters. The molecule has 0 amide bonds. The lowest BCUT2D eigenvalue weighted by molar-refractivity contribution is 0.485. The third-order valence-electron chi connectivity index (χ3n) is 4.07. The van der Waals surface area contributed by atoms with Crippen LogP contribution in [-0.4, -0.2) is 15.2 Å². The van der Waals surface area contributed by atoms with Gasteiger partial charge in [-0.15, -0.1) is 5.10 Å². The Hall–Kier alpha value is -3.93. The molecule has 0 unspecified atom stereocenters. The van der Waals surface area contributed by atoms with Gasteiger partial charge in [0.15, 0.2) is 11.6 Å². The highest BCUT2D eigenvalue weighted by Crippen LogP contribution is 2.30. The van der Waals surface area contributed by atoms with Crippen LogP contribution in [0.1, 0.15) is 5.56 Å². The lowest BCUT2D eigenvalue weighted by Gasteiger charge is -2.13. The molecule has 0 saturated heterocycles. The van der Waals surface area contributed by atoms with E-state index in [0.717, 1.165) is 22.7 Å². The number of rotatable bonds is 6. The lowest BCUT2D eigenvalue weighted by atomic mass is 10.2. The molecule has 0 bridgehead atoms. The molecule has 6 heteroatoms. The molecular weight excluding hydrogens is 350 g/mol. The summed E-state index contributed by atoms with van der Waals surface area (Å²) >= 11 is 0. The van der Waals surface area contributed by atoms with Gasteiger partial charge in [-0.3, -0.25) is 0 Å². The topological polar surface area (TPSA) is 72.0 Å². The predicted molar refractivity (Wildman–Crippen MR) is 111 cm³/mol. The van der Waals surface area contributed by atoms with Crippen LogP contribution < -0.4 is 15.4 Å².